The summed E-state index contributed by atoms with van der Waals surface area (Å²) >= 11 is 0. The lowest BCUT2D eigenvalue weighted by Crippen LogP contribution is -2.37. The zero-order valence-corrected chi connectivity index (χ0v) is 11.8. The fourth-order valence-electron chi connectivity index (χ4n) is 2.92. The summed E-state index contributed by atoms with van der Waals surface area (Å²) in [7, 11) is 0. The third kappa shape index (κ3) is 3.13. The first-order valence-corrected chi connectivity index (χ1v) is 7.34. The first kappa shape index (κ1) is 13.8. The molecule has 1 amide bonds. The molecular weight excluding hydrogens is 265 g/mol. The summed E-state index contributed by atoms with van der Waals surface area (Å²) < 4.78 is 12.9. The fourth-order valence-corrected chi connectivity index (χ4v) is 2.92. The van der Waals surface area contributed by atoms with E-state index < -0.39 is 0 Å². The molecule has 0 unspecified atom stereocenters. The van der Waals surface area contributed by atoms with E-state index in [0.717, 1.165) is 25.9 Å². The second-order valence-electron chi connectivity index (χ2n) is 5.48. The van der Waals surface area contributed by atoms with Crippen molar-refractivity contribution in [2.45, 2.75) is 18.8 Å². The number of benzene rings is 2. The summed E-state index contributed by atoms with van der Waals surface area (Å²) in [4.78, 5) is 14.2. The van der Waals surface area contributed by atoms with Gasteiger partial charge in [-0.2, -0.15) is 0 Å². The Hall–Kier alpha value is -2.16. The average Bonchev–Trinajstić information content (AvgIpc) is 2.56. The van der Waals surface area contributed by atoms with Crippen LogP contribution >= 0.6 is 0 Å². The maximum atomic E-state index is 12.9. The molecule has 2 aromatic rings. The first-order chi connectivity index (χ1) is 10.2. The molecule has 0 saturated carbocycles. The third-order valence-corrected chi connectivity index (χ3v) is 4.14. The molecule has 2 aromatic carbocycles. The molecular formula is C18H18FNO. The summed E-state index contributed by atoms with van der Waals surface area (Å²) in [5.41, 5.74) is 1.92. The van der Waals surface area contributed by atoms with Gasteiger partial charge in [0.2, 0.25) is 0 Å². The van der Waals surface area contributed by atoms with Crippen LogP contribution in [0.5, 0.6) is 0 Å². The third-order valence-electron chi connectivity index (χ3n) is 4.14. The Morgan fingerprint density at radius 3 is 2.19 bits per heavy atom. The Balaban J connectivity index is 1.63. The van der Waals surface area contributed by atoms with Crippen molar-refractivity contribution in [2.75, 3.05) is 13.1 Å². The van der Waals surface area contributed by atoms with E-state index in [9.17, 15) is 9.18 Å². The van der Waals surface area contributed by atoms with Crippen LogP contribution in [0.4, 0.5) is 4.39 Å². The maximum absolute atomic E-state index is 12.9. The van der Waals surface area contributed by atoms with Gasteiger partial charge in [-0.1, -0.05) is 30.3 Å². The molecule has 3 rings (SSSR count). The molecule has 21 heavy (non-hydrogen) atoms. The molecule has 0 spiro atoms. The van der Waals surface area contributed by atoms with Crippen LogP contribution < -0.4 is 0 Å². The Morgan fingerprint density at radius 2 is 1.57 bits per heavy atom. The molecule has 108 valence electrons. The van der Waals surface area contributed by atoms with Crippen molar-refractivity contribution < 1.29 is 9.18 Å². The average molecular weight is 283 g/mol. The number of likely N-dealkylation sites (tertiary alicyclic amines) is 1. The largest absolute Gasteiger partial charge is 0.339 e. The van der Waals surface area contributed by atoms with Crippen LogP contribution in [0.3, 0.4) is 0 Å². The van der Waals surface area contributed by atoms with E-state index in [2.05, 4.69) is 24.3 Å². The Bertz CT molecular complexity index is 601. The van der Waals surface area contributed by atoms with Gasteiger partial charge in [-0.15, -0.1) is 0 Å². The van der Waals surface area contributed by atoms with E-state index in [1.54, 1.807) is 12.1 Å². The summed E-state index contributed by atoms with van der Waals surface area (Å²) in [6.45, 7) is 1.52. The molecule has 0 aliphatic carbocycles. The molecule has 1 aliphatic rings. The first-order valence-electron chi connectivity index (χ1n) is 7.34. The van der Waals surface area contributed by atoms with E-state index in [1.807, 2.05) is 11.0 Å². The van der Waals surface area contributed by atoms with Gasteiger partial charge in [0.05, 0.1) is 0 Å². The number of hydrogen-bond donors (Lipinski definition) is 0. The van der Waals surface area contributed by atoms with Crippen molar-refractivity contribution in [3.8, 4) is 0 Å². The molecule has 2 nitrogen and oxygen atoms in total. The molecule has 0 aromatic heterocycles. The number of hydrogen-bond acceptors (Lipinski definition) is 1. The van der Waals surface area contributed by atoms with Crippen LogP contribution in [0.1, 0.15) is 34.7 Å². The highest BCUT2D eigenvalue weighted by molar-refractivity contribution is 5.94. The highest BCUT2D eigenvalue weighted by atomic mass is 19.1. The SMILES string of the molecule is O=C(c1ccc(F)cc1)N1CCC(c2ccccc2)CC1. The fraction of sp³-hybridized carbons (Fsp3) is 0.278. The Morgan fingerprint density at radius 1 is 0.952 bits per heavy atom. The van der Waals surface area contributed by atoms with Crippen molar-refractivity contribution in [1.29, 1.82) is 0 Å². The van der Waals surface area contributed by atoms with Gasteiger partial charge in [-0.05, 0) is 48.6 Å². The molecule has 0 atom stereocenters. The van der Waals surface area contributed by atoms with Gasteiger partial charge in [0.15, 0.2) is 0 Å². The predicted molar refractivity (Wildman–Crippen MR) is 80.7 cm³/mol. The lowest BCUT2D eigenvalue weighted by atomic mass is 9.89. The van der Waals surface area contributed by atoms with Crippen LogP contribution in [-0.2, 0) is 0 Å². The van der Waals surface area contributed by atoms with E-state index in [0.29, 0.717) is 11.5 Å². The Labute approximate surface area is 124 Å². The summed E-state index contributed by atoms with van der Waals surface area (Å²) in [5.74, 6) is 0.222. The molecule has 1 heterocycles. The van der Waals surface area contributed by atoms with Crippen LogP contribution in [0.2, 0.25) is 0 Å². The van der Waals surface area contributed by atoms with Crippen molar-refractivity contribution in [3.63, 3.8) is 0 Å². The van der Waals surface area contributed by atoms with Crippen molar-refractivity contribution in [2.24, 2.45) is 0 Å². The number of amides is 1. The van der Waals surface area contributed by atoms with Gasteiger partial charge in [0.25, 0.3) is 5.91 Å². The Kier molecular flexibility index (Phi) is 4.00. The molecule has 1 fully saturated rings. The minimum Gasteiger partial charge on any atom is -0.339 e. The quantitative estimate of drug-likeness (QED) is 0.820. The van der Waals surface area contributed by atoms with Gasteiger partial charge < -0.3 is 4.90 Å². The molecule has 3 heteroatoms. The van der Waals surface area contributed by atoms with Gasteiger partial charge in [0.1, 0.15) is 5.82 Å². The summed E-state index contributed by atoms with van der Waals surface area (Å²) in [6, 6.07) is 16.2. The topological polar surface area (TPSA) is 20.3 Å². The van der Waals surface area contributed by atoms with Crippen LogP contribution in [0.15, 0.2) is 54.6 Å². The van der Waals surface area contributed by atoms with Crippen LogP contribution in [-0.4, -0.2) is 23.9 Å². The van der Waals surface area contributed by atoms with Crippen LogP contribution in [0, 0.1) is 5.82 Å². The van der Waals surface area contributed by atoms with Crippen molar-refractivity contribution in [1.82, 2.24) is 4.90 Å². The smallest absolute Gasteiger partial charge is 0.253 e. The highest BCUT2D eigenvalue weighted by Crippen LogP contribution is 2.28. The second-order valence-corrected chi connectivity index (χ2v) is 5.48. The van der Waals surface area contributed by atoms with Crippen molar-refractivity contribution in [3.05, 3.63) is 71.5 Å². The lowest BCUT2D eigenvalue weighted by Gasteiger charge is -2.32. The second kappa shape index (κ2) is 6.08. The van der Waals surface area contributed by atoms with Gasteiger partial charge in [-0.3, -0.25) is 4.79 Å². The zero-order chi connectivity index (χ0) is 14.7. The minimum atomic E-state index is -0.311. The zero-order valence-electron chi connectivity index (χ0n) is 11.8. The van der Waals surface area contributed by atoms with E-state index in [-0.39, 0.29) is 11.7 Å². The summed E-state index contributed by atoms with van der Waals surface area (Å²) in [5, 5.41) is 0. The number of nitrogens with zero attached hydrogens (tertiary/aromatic N) is 1. The normalized spacial score (nSPS) is 16.0. The molecule has 1 aliphatic heterocycles. The van der Waals surface area contributed by atoms with Crippen LogP contribution in [0.25, 0.3) is 0 Å². The molecule has 0 N–H and O–H groups in total. The lowest BCUT2D eigenvalue weighted by molar-refractivity contribution is 0.0713. The number of rotatable bonds is 2. The maximum Gasteiger partial charge on any atom is 0.253 e. The minimum absolute atomic E-state index is 0.00140. The van der Waals surface area contributed by atoms with E-state index in [4.69, 9.17) is 0 Å². The molecule has 0 radical (unpaired) electrons. The number of carbonyl (C=O) groups excluding carboxylic acids is 1. The standard InChI is InChI=1S/C18H18FNO/c19-17-8-6-16(7-9-17)18(21)20-12-10-15(11-13-20)14-4-2-1-3-5-14/h1-9,15H,10-13H2. The molecule has 0 bridgehead atoms. The van der Waals surface area contributed by atoms with Gasteiger partial charge in [0, 0.05) is 18.7 Å². The molecule has 1 saturated heterocycles. The highest BCUT2D eigenvalue weighted by Gasteiger charge is 2.24. The van der Waals surface area contributed by atoms with E-state index in [1.165, 1.54) is 17.7 Å². The summed E-state index contributed by atoms with van der Waals surface area (Å²) in [6.07, 6.45) is 1.97. The van der Waals surface area contributed by atoms with Gasteiger partial charge >= 0.3 is 0 Å². The van der Waals surface area contributed by atoms with E-state index >= 15 is 0 Å². The monoisotopic (exact) mass is 283 g/mol. The predicted octanol–water partition coefficient (Wildman–Crippen LogP) is 3.85. The number of halogens is 1. The number of piperidine rings is 1. The number of carbonyl (C=O) groups is 1. The van der Waals surface area contributed by atoms with Crippen molar-refractivity contribution >= 4 is 5.91 Å². The van der Waals surface area contributed by atoms with Gasteiger partial charge in [-0.25, -0.2) is 4.39 Å².